The predicted octanol–water partition coefficient (Wildman–Crippen LogP) is 6.41. The van der Waals surface area contributed by atoms with Gasteiger partial charge in [-0.15, -0.1) is 11.6 Å². The highest BCUT2D eigenvalue weighted by molar-refractivity contribution is 6.25. The van der Waals surface area contributed by atoms with Gasteiger partial charge >= 0.3 is 0 Å². The van der Waals surface area contributed by atoms with Gasteiger partial charge in [0.15, 0.2) is 0 Å². The van der Waals surface area contributed by atoms with Crippen molar-refractivity contribution in [3.8, 4) is 5.75 Å². The number of halogens is 1. The minimum Gasteiger partial charge on any atom is -0.492 e. The van der Waals surface area contributed by atoms with Gasteiger partial charge in [0.1, 0.15) is 18.4 Å². The van der Waals surface area contributed by atoms with Crippen molar-refractivity contribution >= 4 is 58.0 Å². The van der Waals surface area contributed by atoms with Crippen LogP contribution in [0.15, 0.2) is 103 Å². The molecule has 5 amide bonds. The van der Waals surface area contributed by atoms with Crippen molar-refractivity contribution in [3.63, 3.8) is 0 Å². The third kappa shape index (κ3) is 8.50. The molecule has 53 heavy (non-hydrogen) atoms. The number of nitrogens with one attached hydrogen (secondary N) is 2. The Morgan fingerprint density at radius 2 is 1.53 bits per heavy atom. The normalized spacial score (nSPS) is 15.8. The number of alkyl halides is 1. The highest BCUT2D eigenvalue weighted by Gasteiger charge is 2.45. The Morgan fingerprint density at radius 3 is 2.21 bits per heavy atom. The van der Waals surface area contributed by atoms with Gasteiger partial charge < -0.3 is 15.0 Å². The standard InChI is InChI=1S/C42H41ClN4O6/c1-46(37(49)16-9-25-44-34-15-8-14-33-39(34)42(52)47(41(33)51)35-21-22-36(48)45-40(35)50)26-27-53-31-19-17-30(18-20-31)38(29-12-6-3-7-13-29)32(23-24-43)28-10-4-2-5-11-28/h2-8,10-15,17-20,35,44H,9,16,21-27H2,1H3,(H,45,48,50). The monoisotopic (exact) mass is 732 g/mol. The molecule has 272 valence electrons. The van der Waals surface area contributed by atoms with Crippen molar-refractivity contribution in [1.29, 1.82) is 0 Å². The van der Waals surface area contributed by atoms with E-state index in [9.17, 15) is 24.0 Å². The highest BCUT2D eigenvalue weighted by atomic mass is 35.5. The molecule has 0 aromatic heterocycles. The van der Waals surface area contributed by atoms with E-state index in [0.717, 1.165) is 27.2 Å². The Hall–Kier alpha value is -5.74. The van der Waals surface area contributed by atoms with Gasteiger partial charge in [0.05, 0.1) is 17.7 Å². The fourth-order valence-electron chi connectivity index (χ4n) is 6.73. The number of nitrogens with zero attached hydrogens (tertiary/aromatic N) is 2. The van der Waals surface area contributed by atoms with Crippen LogP contribution in [0.1, 0.15) is 69.5 Å². The lowest BCUT2D eigenvalue weighted by molar-refractivity contribution is -0.136. The molecular formula is C42H41ClN4O6. The minimum atomic E-state index is -1.03. The number of piperidine rings is 1. The molecule has 0 bridgehead atoms. The van der Waals surface area contributed by atoms with E-state index in [4.69, 9.17) is 16.3 Å². The molecule has 1 unspecified atom stereocenters. The number of imide groups is 2. The average molecular weight is 733 g/mol. The van der Waals surface area contributed by atoms with E-state index in [1.807, 2.05) is 48.5 Å². The van der Waals surface area contributed by atoms with Gasteiger partial charge in [-0.05, 0) is 71.4 Å². The summed E-state index contributed by atoms with van der Waals surface area (Å²) in [4.78, 5) is 65.9. The van der Waals surface area contributed by atoms with Crippen LogP contribution < -0.4 is 15.4 Å². The van der Waals surface area contributed by atoms with Crippen LogP contribution in [-0.2, 0) is 14.4 Å². The summed E-state index contributed by atoms with van der Waals surface area (Å²) in [6.45, 7) is 1.10. The first kappa shape index (κ1) is 37.0. The van der Waals surface area contributed by atoms with Crippen LogP contribution in [0.25, 0.3) is 11.1 Å². The molecule has 11 heteroatoms. The van der Waals surface area contributed by atoms with E-state index >= 15 is 0 Å². The Balaban J connectivity index is 1.00. The zero-order valence-corrected chi connectivity index (χ0v) is 30.2. The van der Waals surface area contributed by atoms with Gasteiger partial charge in [-0.2, -0.15) is 0 Å². The maximum absolute atomic E-state index is 13.3. The lowest BCUT2D eigenvalue weighted by Crippen LogP contribution is -2.54. The number of benzene rings is 4. The number of likely N-dealkylation sites (N-methyl/N-ethyl adjacent to an activating group) is 1. The number of fused-ring (bicyclic) bond motifs is 1. The maximum Gasteiger partial charge on any atom is 0.264 e. The number of allylic oxidation sites excluding steroid dienone is 1. The molecule has 2 N–H and O–H groups in total. The maximum atomic E-state index is 13.3. The van der Waals surface area contributed by atoms with Crippen LogP contribution in [0.3, 0.4) is 0 Å². The number of anilines is 1. The van der Waals surface area contributed by atoms with Crippen molar-refractivity contribution in [2.24, 2.45) is 0 Å². The van der Waals surface area contributed by atoms with Gasteiger partial charge in [0, 0.05) is 38.0 Å². The van der Waals surface area contributed by atoms with Crippen LogP contribution in [0.5, 0.6) is 5.75 Å². The van der Waals surface area contributed by atoms with Crippen LogP contribution in [0.2, 0.25) is 0 Å². The van der Waals surface area contributed by atoms with Gasteiger partial charge in [-0.25, -0.2) is 0 Å². The van der Waals surface area contributed by atoms with E-state index < -0.39 is 29.7 Å². The molecule has 1 fully saturated rings. The average Bonchev–Trinajstić information content (AvgIpc) is 3.43. The summed E-state index contributed by atoms with van der Waals surface area (Å²) in [6, 6.07) is 32.4. The molecule has 2 aliphatic heterocycles. The van der Waals surface area contributed by atoms with E-state index in [1.54, 1.807) is 30.1 Å². The van der Waals surface area contributed by atoms with Gasteiger partial charge in [-0.3, -0.25) is 34.2 Å². The zero-order chi connectivity index (χ0) is 37.3. The molecule has 0 saturated carbocycles. The van der Waals surface area contributed by atoms with Crippen LogP contribution in [0.4, 0.5) is 5.69 Å². The SMILES string of the molecule is CN(CCOc1ccc(C(=C(CCCl)c2ccccc2)c2ccccc2)cc1)C(=O)CCCNc1cccc2c1C(=O)N(C1CCC(=O)NC1=O)C2=O. The Morgan fingerprint density at radius 1 is 0.849 bits per heavy atom. The molecule has 1 atom stereocenters. The number of hydrogen-bond acceptors (Lipinski definition) is 7. The number of amides is 5. The lowest BCUT2D eigenvalue weighted by atomic mass is 9.88. The van der Waals surface area contributed by atoms with Crippen molar-refractivity contribution in [2.75, 3.05) is 37.9 Å². The number of carbonyl (C=O) groups is 5. The first-order chi connectivity index (χ1) is 25.8. The molecule has 4 aromatic rings. The molecule has 0 spiro atoms. The Bertz CT molecular complexity index is 2020. The summed E-state index contributed by atoms with van der Waals surface area (Å²) < 4.78 is 6.02. The van der Waals surface area contributed by atoms with Gasteiger partial charge in [0.25, 0.3) is 11.8 Å². The molecule has 0 aliphatic carbocycles. The number of hydrogen-bond donors (Lipinski definition) is 2. The van der Waals surface area contributed by atoms with E-state index in [-0.39, 0.29) is 36.3 Å². The first-order valence-corrected chi connectivity index (χ1v) is 18.3. The topological polar surface area (TPSA) is 125 Å². The molecule has 1 saturated heterocycles. The largest absolute Gasteiger partial charge is 0.492 e. The molecule has 2 aliphatic rings. The number of carbonyl (C=O) groups excluding carboxylic acids is 5. The minimum absolute atomic E-state index is 0.0512. The second-order valence-corrected chi connectivity index (χ2v) is 13.3. The van der Waals surface area contributed by atoms with Gasteiger partial charge in [-0.1, -0.05) is 78.9 Å². The molecule has 10 nitrogen and oxygen atoms in total. The number of rotatable bonds is 15. The van der Waals surface area contributed by atoms with Gasteiger partial charge in [0.2, 0.25) is 17.7 Å². The van der Waals surface area contributed by atoms with Crippen molar-refractivity contribution in [3.05, 3.63) is 131 Å². The van der Waals surface area contributed by atoms with Crippen molar-refractivity contribution < 1.29 is 28.7 Å². The van der Waals surface area contributed by atoms with Crippen LogP contribution in [-0.4, -0.2) is 78.0 Å². The zero-order valence-electron chi connectivity index (χ0n) is 29.5. The van der Waals surface area contributed by atoms with Crippen LogP contribution in [0, 0.1) is 0 Å². The van der Waals surface area contributed by atoms with Crippen molar-refractivity contribution in [1.82, 2.24) is 15.1 Å². The second kappa shape index (κ2) is 17.2. The fourth-order valence-corrected chi connectivity index (χ4v) is 6.92. The van der Waals surface area contributed by atoms with E-state index in [2.05, 4.69) is 47.0 Å². The first-order valence-electron chi connectivity index (χ1n) is 17.7. The summed E-state index contributed by atoms with van der Waals surface area (Å²) >= 11 is 6.29. The van der Waals surface area contributed by atoms with Crippen molar-refractivity contribution in [2.45, 2.75) is 38.1 Å². The predicted molar refractivity (Wildman–Crippen MR) is 205 cm³/mol. The smallest absolute Gasteiger partial charge is 0.264 e. The quantitative estimate of drug-likeness (QED) is 0.0627. The summed E-state index contributed by atoms with van der Waals surface area (Å²) in [5, 5.41) is 5.39. The third-order valence-electron chi connectivity index (χ3n) is 9.45. The molecule has 6 rings (SSSR count). The molecule has 4 aromatic carbocycles. The molecule has 2 heterocycles. The summed E-state index contributed by atoms with van der Waals surface area (Å²) in [6.07, 6.45) is 1.61. The molecule has 0 radical (unpaired) electrons. The van der Waals surface area contributed by atoms with E-state index in [0.29, 0.717) is 49.9 Å². The number of ether oxygens (including phenoxy) is 1. The van der Waals surface area contributed by atoms with Crippen LogP contribution >= 0.6 is 11.6 Å². The Labute approximate surface area is 313 Å². The summed E-state index contributed by atoms with van der Waals surface area (Å²) in [5.74, 6) is -1.08. The molecular weight excluding hydrogens is 692 g/mol. The summed E-state index contributed by atoms with van der Waals surface area (Å²) in [5.41, 5.74) is 6.42. The second-order valence-electron chi connectivity index (χ2n) is 12.9. The highest BCUT2D eigenvalue weighted by Crippen LogP contribution is 2.36. The Kier molecular flexibility index (Phi) is 12.0. The lowest BCUT2D eigenvalue weighted by Gasteiger charge is -2.27. The van der Waals surface area contributed by atoms with E-state index in [1.165, 1.54) is 5.57 Å². The fraction of sp³-hybridized carbons (Fsp3) is 0.262. The summed E-state index contributed by atoms with van der Waals surface area (Å²) in [7, 11) is 1.74. The third-order valence-corrected chi connectivity index (χ3v) is 9.64.